The molecule has 158 valence electrons. The first-order valence-electron chi connectivity index (χ1n) is 10.4. The summed E-state index contributed by atoms with van der Waals surface area (Å²) in [7, 11) is 0. The van der Waals surface area contributed by atoms with E-state index in [1.54, 1.807) is 12.1 Å². The Labute approximate surface area is 184 Å². The Bertz CT molecular complexity index is 1220. The van der Waals surface area contributed by atoms with Crippen molar-refractivity contribution in [2.45, 2.75) is 25.9 Å². The van der Waals surface area contributed by atoms with Crippen molar-refractivity contribution < 1.29 is 14.3 Å². The first kappa shape index (κ1) is 19.8. The van der Waals surface area contributed by atoms with Gasteiger partial charge in [-0.25, -0.2) is 4.98 Å². The second-order valence-corrected chi connectivity index (χ2v) is 8.49. The number of ether oxygens (including phenoxy) is 2. The minimum Gasteiger partial charge on any atom is -0.491 e. The summed E-state index contributed by atoms with van der Waals surface area (Å²) in [5.41, 5.74) is 4.58. The van der Waals surface area contributed by atoms with Crippen molar-refractivity contribution >= 4 is 33.3 Å². The Morgan fingerprint density at radius 3 is 3.06 bits per heavy atom. The molecule has 0 spiro atoms. The van der Waals surface area contributed by atoms with Gasteiger partial charge in [0.2, 0.25) is 0 Å². The number of amides is 1. The molecule has 1 aliphatic heterocycles. The Kier molecular flexibility index (Phi) is 5.44. The molecule has 6 nitrogen and oxygen atoms in total. The first-order valence-corrected chi connectivity index (χ1v) is 11.2. The van der Waals surface area contributed by atoms with Crippen LogP contribution in [0.4, 0.5) is 5.13 Å². The zero-order chi connectivity index (χ0) is 21.2. The van der Waals surface area contributed by atoms with E-state index >= 15 is 0 Å². The molecule has 4 aromatic rings. The monoisotopic (exact) mass is 433 g/mol. The number of hydrogen-bond donors (Lipinski definition) is 2. The lowest BCUT2D eigenvalue weighted by Crippen LogP contribution is -2.16. The van der Waals surface area contributed by atoms with Gasteiger partial charge < -0.3 is 14.5 Å². The zero-order valence-electron chi connectivity index (χ0n) is 17.2. The Balaban J connectivity index is 1.29. The average molecular weight is 434 g/mol. The van der Waals surface area contributed by atoms with Gasteiger partial charge in [-0.2, -0.15) is 0 Å². The predicted octanol–water partition coefficient (Wildman–Crippen LogP) is 5.41. The van der Waals surface area contributed by atoms with E-state index in [1.807, 2.05) is 36.6 Å². The van der Waals surface area contributed by atoms with Crippen LogP contribution >= 0.6 is 11.3 Å². The Morgan fingerprint density at radius 2 is 2.19 bits per heavy atom. The van der Waals surface area contributed by atoms with Crippen molar-refractivity contribution in [3.63, 3.8) is 0 Å². The first-order chi connectivity index (χ1) is 15.2. The molecule has 2 N–H and O–H groups in total. The SMILES string of the molecule is Cc1[nH]c2ccccc2c1-c1csc(NC(=O)c2cccc(OCC3CCCO3)c2)n1. The molecule has 31 heavy (non-hydrogen) atoms. The summed E-state index contributed by atoms with van der Waals surface area (Å²) in [6.45, 7) is 3.34. The number of rotatable bonds is 6. The standard InChI is InChI=1S/C24H23N3O3S/c1-15-22(19-9-2-3-10-20(19)25-15)21-14-31-24(26-21)27-23(28)16-6-4-7-17(12-16)30-13-18-8-5-11-29-18/h2-4,6-7,9-10,12,14,18,25H,5,8,11,13H2,1H3,(H,26,27,28). The normalized spacial score (nSPS) is 16.0. The van der Waals surface area contributed by atoms with E-state index in [9.17, 15) is 4.79 Å². The summed E-state index contributed by atoms with van der Waals surface area (Å²) in [4.78, 5) is 20.8. The molecule has 7 heteroatoms. The number of nitrogens with one attached hydrogen (secondary N) is 2. The molecule has 2 aromatic carbocycles. The largest absolute Gasteiger partial charge is 0.491 e. The maximum Gasteiger partial charge on any atom is 0.257 e. The molecule has 1 amide bonds. The highest BCUT2D eigenvalue weighted by atomic mass is 32.1. The minimum absolute atomic E-state index is 0.138. The third kappa shape index (κ3) is 4.19. The number of aromatic amines is 1. The van der Waals surface area contributed by atoms with Crippen molar-refractivity contribution in [3.8, 4) is 17.0 Å². The number of fused-ring (bicyclic) bond motifs is 1. The predicted molar refractivity (Wildman–Crippen MR) is 123 cm³/mol. The summed E-state index contributed by atoms with van der Waals surface area (Å²) in [6, 6.07) is 15.3. The van der Waals surface area contributed by atoms with Gasteiger partial charge >= 0.3 is 0 Å². The van der Waals surface area contributed by atoms with Crippen LogP contribution in [-0.2, 0) is 4.74 Å². The molecule has 0 bridgehead atoms. The second-order valence-electron chi connectivity index (χ2n) is 7.64. The van der Waals surface area contributed by atoms with Crippen LogP contribution in [0.2, 0.25) is 0 Å². The lowest BCUT2D eigenvalue weighted by molar-refractivity contribution is 0.0679. The number of para-hydroxylation sites is 1. The Morgan fingerprint density at radius 1 is 1.29 bits per heavy atom. The number of carbonyl (C=O) groups is 1. The quantitative estimate of drug-likeness (QED) is 0.426. The molecule has 1 unspecified atom stereocenters. The third-order valence-electron chi connectivity index (χ3n) is 5.43. The van der Waals surface area contributed by atoms with Crippen LogP contribution in [0, 0.1) is 6.92 Å². The van der Waals surface area contributed by atoms with E-state index in [0.29, 0.717) is 23.1 Å². The number of carbonyl (C=O) groups excluding carboxylic acids is 1. The van der Waals surface area contributed by atoms with E-state index in [2.05, 4.69) is 27.4 Å². The summed E-state index contributed by atoms with van der Waals surface area (Å²) in [5.74, 6) is 0.455. The highest BCUT2D eigenvalue weighted by Crippen LogP contribution is 2.34. The van der Waals surface area contributed by atoms with Crippen molar-refractivity contribution in [2.75, 3.05) is 18.5 Å². The average Bonchev–Trinajstić information content (AvgIpc) is 3.52. The van der Waals surface area contributed by atoms with E-state index < -0.39 is 0 Å². The lowest BCUT2D eigenvalue weighted by Gasteiger charge is -2.12. The molecule has 0 aliphatic carbocycles. The van der Waals surface area contributed by atoms with Crippen molar-refractivity contribution in [3.05, 3.63) is 65.2 Å². The highest BCUT2D eigenvalue weighted by molar-refractivity contribution is 7.14. The fourth-order valence-corrected chi connectivity index (χ4v) is 4.61. The van der Waals surface area contributed by atoms with Crippen LogP contribution in [0.1, 0.15) is 28.9 Å². The smallest absolute Gasteiger partial charge is 0.257 e. The summed E-state index contributed by atoms with van der Waals surface area (Å²) >= 11 is 1.41. The van der Waals surface area contributed by atoms with Gasteiger partial charge in [0, 0.05) is 39.7 Å². The van der Waals surface area contributed by atoms with E-state index in [4.69, 9.17) is 9.47 Å². The van der Waals surface area contributed by atoms with Crippen LogP contribution in [0.25, 0.3) is 22.2 Å². The number of H-pyrrole nitrogens is 1. The van der Waals surface area contributed by atoms with Gasteiger partial charge in [0.25, 0.3) is 5.91 Å². The topological polar surface area (TPSA) is 76.2 Å². The number of hydrogen-bond acceptors (Lipinski definition) is 5. The van der Waals surface area contributed by atoms with Gasteiger partial charge in [-0.05, 0) is 44.0 Å². The van der Waals surface area contributed by atoms with Crippen LogP contribution in [-0.4, -0.2) is 35.2 Å². The van der Waals surface area contributed by atoms with Crippen LogP contribution in [0.5, 0.6) is 5.75 Å². The van der Waals surface area contributed by atoms with Gasteiger partial charge in [-0.15, -0.1) is 11.3 Å². The van der Waals surface area contributed by atoms with Crippen LogP contribution in [0.15, 0.2) is 53.9 Å². The van der Waals surface area contributed by atoms with E-state index in [-0.39, 0.29) is 12.0 Å². The minimum atomic E-state index is -0.209. The van der Waals surface area contributed by atoms with Gasteiger partial charge in [-0.1, -0.05) is 24.3 Å². The molecule has 0 saturated carbocycles. The van der Waals surface area contributed by atoms with Gasteiger partial charge in [0.15, 0.2) is 5.13 Å². The number of anilines is 1. The maximum atomic E-state index is 12.8. The molecule has 1 saturated heterocycles. The van der Waals surface area contributed by atoms with Crippen molar-refractivity contribution in [1.29, 1.82) is 0 Å². The molecule has 2 aromatic heterocycles. The molecule has 1 atom stereocenters. The lowest BCUT2D eigenvalue weighted by atomic mass is 10.1. The Hall–Kier alpha value is -3.16. The molecule has 1 fully saturated rings. The van der Waals surface area contributed by atoms with Crippen LogP contribution < -0.4 is 10.1 Å². The number of aryl methyl sites for hydroxylation is 1. The van der Waals surface area contributed by atoms with Gasteiger partial charge in [0.05, 0.1) is 11.8 Å². The van der Waals surface area contributed by atoms with E-state index in [1.165, 1.54) is 11.3 Å². The van der Waals surface area contributed by atoms with Crippen molar-refractivity contribution in [2.24, 2.45) is 0 Å². The van der Waals surface area contributed by atoms with Gasteiger partial charge in [-0.3, -0.25) is 10.1 Å². The number of benzene rings is 2. The number of thiazole rings is 1. The fourth-order valence-electron chi connectivity index (χ4n) is 3.91. The molecule has 0 radical (unpaired) electrons. The van der Waals surface area contributed by atoms with Gasteiger partial charge in [0.1, 0.15) is 12.4 Å². The molecule has 3 heterocycles. The third-order valence-corrected chi connectivity index (χ3v) is 6.19. The summed E-state index contributed by atoms with van der Waals surface area (Å²) < 4.78 is 11.4. The highest BCUT2D eigenvalue weighted by Gasteiger charge is 2.17. The number of aromatic nitrogens is 2. The molecular formula is C24H23N3O3S. The van der Waals surface area contributed by atoms with Crippen molar-refractivity contribution in [1.82, 2.24) is 9.97 Å². The number of nitrogens with zero attached hydrogens (tertiary/aromatic N) is 1. The molecule has 1 aliphatic rings. The fraction of sp³-hybridized carbons (Fsp3) is 0.250. The summed E-state index contributed by atoms with van der Waals surface area (Å²) in [5, 5.41) is 6.57. The molecular weight excluding hydrogens is 410 g/mol. The zero-order valence-corrected chi connectivity index (χ0v) is 18.0. The van der Waals surface area contributed by atoms with E-state index in [0.717, 1.165) is 47.3 Å². The summed E-state index contributed by atoms with van der Waals surface area (Å²) in [6.07, 6.45) is 2.23. The van der Waals surface area contributed by atoms with Crippen LogP contribution in [0.3, 0.4) is 0 Å². The molecule has 5 rings (SSSR count). The maximum absolute atomic E-state index is 12.8. The second kappa shape index (κ2) is 8.53.